The molecule has 2 aliphatic rings. The van der Waals surface area contributed by atoms with E-state index < -0.39 is 0 Å². The van der Waals surface area contributed by atoms with Crippen molar-refractivity contribution in [3.8, 4) is 0 Å². The summed E-state index contributed by atoms with van der Waals surface area (Å²) in [4.78, 5) is 26.6. The van der Waals surface area contributed by atoms with Gasteiger partial charge in [0.2, 0.25) is 5.95 Å². The number of aromatic nitrogens is 7. The predicted octanol–water partition coefficient (Wildman–Crippen LogP) is 1.95. The molecule has 0 aromatic carbocycles. The monoisotopic (exact) mass is 420 g/mol. The van der Waals surface area contributed by atoms with Crippen LogP contribution in [0.4, 0.5) is 11.6 Å². The van der Waals surface area contributed by atoms with Crippen LogP contribution in [0, 0.1) is 18.8 Å². The Balaban J connectivity index is 1.44. The van der Waals surface area contributed by atoms with E-state index in [1.54, 1.807) is 22.3 Å². The van der Waals surface area contributed by atoms with Crippen molar-refractivity contribution in [3.63, 3.8) is 0 Å². The van der Waals surface area contributed by atoms with Crippen molar-refractivity contribution in [3.05, 3.63) is 40.8 Å². The number of aryl methyl sites for hydroxylation is 2. The van der Waals surface area contributed by atoms with Crippen molar-refractivity contribution >= 4 is 28.4 Å². The highest BCUT2D eigenvalue weighted by atomic mass is 16.3. The molecular weight excluding hydrogens is 396 g/mol. The number of hydrogen-bond acceptors (Lipinski definition) is 7. The van der Waals surface area contributed by atoms with E-state index in [2.05, 4.69) is 20.4 Å². The second kappa shape index (κ2) is 6.61. The molecule has 2 saturated carbocycles. The number of anilines is 2. The van der Waals surface area contributed by atoms with Crippen LogP contribution in [0.1, 0.15) is 37.3 Å². The van der Waals surface area contributed by atoms with Crippen molar-refractivity contribution in [1.29, 1.82) is 0 Å². The molecule has 0 saturated heterocycles. The molecule has 31 heavy (non-hydrogen) atoms. The Bertz CT molecular complexity index is 1360. The summed E-state index contributed by atoms with van der Waals surface area (Å²) in [6.07, 6.45) is 8.39. The van der Waals surface area contributed by atoms with Crippen LogP contribution in [-0.4, -0.2) is 44.9 Å². The maximum Gasteiger partial charge on any atom is 0.330 e. The lowest BCUT2D eigenvalue weighted by molar-refractivity contribution is 0.0650. The number of hydrogen-bond donors (Lipinski definition) is 2. The van der Waals surface area contributed by atoms with Crippen molar-refractivity contribution < 1.29 is 5.11 Å². The molecule has 4 heterocycles. The SMILES string of the molecule is Cc1cc2ncnn2cc1Nc1ncc2c(n1)n(C1C3CCC1CC(O)C3)c(=O)n2C. The third-order valence-corrected chi connectivity index (χ3v) is 7.02. The molecule has 2 unspecified atom stereocenters. The zero-order valence-electron chi connectivity index (χ0n) is 17.4. The fraction of sp³-hybridized carbons (Fsp3) is 0.476. The molecule has 2 N–H and O–H groups in total. The molecule has 2 aliphatic carbocycles. The van der Waals surface area contributed by atoms with E-state index >= 15 is 0 Å². The minimum Gasteiger partial charge on any atom is -0.393 e. The quantitative estimate of drug-likeness (QED) is 0.520. The number of aliphatic hydroxyl groups excluding tert-OH is 1. The second-order valence-electron chi connectivity index (χ2n) is 8.89. The van der Waals surface area contributed by atoms with Gasteiger partial charge in [-0.15, -0.1) is 0 Å². The summed E-state index contributed by atoms with van der Waals surface area (Å²) in [5.74, 6) is 1.04. The van der Waals surface area contributed by atoms with Gasteiger partial charge in [0.25, 0.3) is 0 Å². The zero-order chi connectivity index (χ0) is 21.3. The molecule has 2 bridgehead atoms. The highest BCUT2D eigenvalue weighted by Gasteiger charge is 2.44. The molecular formula is C21H24N8O2. The number of aliphatic hydroxyl groups is 1. The largest absolute Gasteiger partial charge is 0.393 e. The van der Waals surface area contributed by atoms with E-state index in [-0.39, 0.29) is 17.8 Å². The third-order valence-electron chi connectivity index (χ3n) is 7.02. The Labute approximate surface area is 177 Å². The number of imidazole rings is 1. The van der Waals surface area contributed by atoms with E-state index in [1.807, 2.05) is 23.8 Å². The maximum absolute atomic E-state index is 13.2. The minimum absolute atomic E-state index is 0.0695. The van der Waals surface area contributed by atoms with Gasteiger partial charge in [0.1, 0.15) is 11.8 Å². The summed E-state index contributed by atoms with van der Waals surface area (Å²) in [7, 11) is 1.76. The summed E-state index contributed by atoms with van der Waals surface area (Å²) in [5.41, 5.74) is 3.87. The van der Waals surface area contributed by atoms with Gasteiger partial charge >= 0.3 is 5.69 Å². The summed E-state index contributed by atoms with van der Waals surface area (Å²) >= 11 is 0. The van der Waals surface area contributed by atoms with Gasteiger partial charge in [0.15, 0.2) is 11.3 Å². The van der Waals surface area contributed by atoms with Crippen LogP contribution in [0.2, 0.25) is 0 Å². The first-order valence-corrected chi connectivity index (χ1v) is 10.7. The van der Waals surface area contributed by atoms with Gasteiger partial charge in [-0.2, -0.15) is 10.1 Å². The van der Waals surface area contributed by atoms with E-state index in [0.717, 1.165) is 42.6 Å². The fourth-order valence-electron chi connectivity index (χ4n) is 5.56. The third kappa shape index (κ3) is 2.78. The number of pyridine rings is 1. The maximum atomic E-state index is 13.2. The number of fused-ring (bicyclic) bond motifs is 4. The fourth-order valence-corrected chi connectivity index (χ4v) is 5.56. The molecule has 4 aromatic heterocycles. The first-order valence-electron chi connectivity index (χ1n) is 10.7. The van der Waals surface area contributed by atoms with Crippen LogP contribution < -0.4 is 11.0 Å². The average molecular weight is 420 g/mol. The average Bonchev–Trinajstić information content (AvgIpc) is 3.36. The zero-order valence-corrected chi connectivity index (χ0v) is 17.4. The van der Waals surface area contributed by atoms with Gasteiger partial charge in [-0.3, -0.25) is 9.13 Å². The molecule has 0 aliphatic heterocycles. The standard InChI is InChI=1S/C21H24N8O2/c1-11-5-17-23-10-24-28(17)9-15(11)25-20-22-8-16-19(26-20)29(21(31)27(16)2)18-12-3-4-13(18)7-14(30)6-12/h5,8-10,12-14,18,30H,3-4,6-7H2,1-2H3,(H,22,25,26). The van der Waals surface area contributed by atoms with Crippen molar-refractivity contribution in [1.82, 2.24) is 33.7 Å². The van der Waals surface area contributed by atoms with Crippen LogP contribution >= 0.6 is 0 Å². The topological polar surface area (TPSA) is 115 Å². The van der Waals surface area contributed by atoms with Gasteiger partial charge in [-0.05, 0) is 56.1 Å². The van der Waals surface area contributed by atoms with Crippen LogP contribution in [0.15, 0.2) is 29.6 Å². The lowest BCUT2D eigenvalue weighted by atomic mass is 9.82. The molecule has 0 radical (unpaired) electrons. The highest BCUT2D eigenvalue weighted by Crippen LogP contribution is 2.49. The summed E-state index contributed by atoms with van der Waals surface area (Å²) in [6.45, 7) is 1.99. The van der Waals surface area contributed by atoms with Gasteiger partial charge < -0.3 is 10.4 Å². The Morgan fingerprint density at radius 3 is 2.74 bits per heavy atom. The van der Waals surface area contributed by atoms with E-state index in [4.69, 9.17) is 4.98 Å². The summed E-state index contributed by atoms with van der Waals surface area (Å²) in [6, 6.07) is 2.02. The summed E-state index contributed by atoms with van der Waals surface area (Å²) < 4.78 is 5.16. The molecule has 10 heteroatoms. The Morgan fingerprint density at radius 2 is 1.97 bits per heavy atom. The molecule has 4 aromatic rings. The highest BCUT2D eigenvalue weighted by molar-refractivity contribution is 5.73. The second-order valence-corrected chi connectivity index (χ2v) is 8.89. The molecule has 0 spiro atoms. The van der Waals surface area contributed by atoms with Gasteiger partial charge in [-0.1, -0.05) is 0 Å². The molecule has 0 amide bonds. The Kier molecular flexibility index (Phi) is 3.95. The Morgan fingerprint density at radius 1 is 1.19 bits per heavy atom. The number of rotatable bonds is 3. The molecule has 160 valence electrons. The number of nitrogens with zero attached hydrogens (tertiary/aromatic N) is 7. The van der Waals surface area contributed by atoms with E-state index in [9.17, 15) is 9.90 Å². The van der Waals surface area contributed by atoms with Crippen LogP contribution in [0.3, 0.4) is 0 Å². The van der Waals surface area contributed by atoms with Crippen LogP contribution in [0.25, 0.3) is 16.8 Å². The van der Waals surface area contributed by atoms with E-state index in [0.29, 0.717) is 28.9 Å². The van der Waals surface area contributed by atoms with E-state index in [1.165, 1.54) is 6.33 Å². The lowest BCUT2D eigenvalue weighted by Gasteiger charge is -2.33. The predicted molar refractivity (Wildman–Crippen MR) is 114 cm³/mol. The molecule has 2 fully saturated rings. The molecule has 2 atom stereocenters. The normalized spacial score (nSPS) is 25.5. The van der Waals surface area contributed by atoms with Crippen LogP contribution in [0.5, 0.6) is 0 Å². The summed E-state index contributed by atoms with van der Waals surface area (Å²) in [5, 5.41) is 17.7. The van der Waals surface area contributed by atoms with Crippen LogP contribution in [-0.2, 0) is 7.05 Å². The first kappa shape index (κ1) is 18.5. The minimum atomic E-state index is -0.263. The molecule has 10 nitrogen and oxygen atoms in total. The van der Waals surface area contributed by atoms with Crippen molar-refractivity contribution in [2.75, 3.05) is 5.32 Å². The van der Waals surface area contributed by atoms with Crippen molar-refractivity contribution in [2.45, 2.75) is 44.8 Å². The number of nitrogens with one attached hydrogen (secondary N) is 1. The van der Waals surface area contributed by atoms with Crippen molar-refractivity contribution in [2.24, 2.45) is 18.9 Å². The van der Waals surface area contributed by atoms with Gasteiger partial charge in [0, 0.05) is 13.1 Å². The van der Waals surface area contributed by atoms with Gasteiger partial charge in [-0.25, -0.2) is 19.3 Å². The Hall–Kier alpha value is -3.27. The smallest absolute Gasteiger partial charge is 0.330 e. The lowest BCUT2D eigenvalue weighted by Crippen LogP contribution is -2.36. The van der Waals surface area contributed by atoms with Gasteiger partial charge in [0.05, 0.1) is 24.2 Å². The molecule has 6 rings (SSSR count). The first-order chi connectivity index (χ1) is 15.0.